The van der Waals surface area contributed by atoms with Crippen molar-refractivity contribution < 1.29 is 4.92 Å². The van der Waals surface area contributed by atoms with Crippen LogP contribution in [0.2, 0.25) is 0 Å². The van der Waals surface area contributed by atoms with E-state index in [0.717, 1.165) is 12.8 Å². The number of nitrogens with zero attached hydrogens (tertiary/aromatic N) is 7. The quantitative estimate of drug-likeness (QED) is 0.509. The van der Waals surface area contributed by atoms with Crippen LogP contribution in [0.25, 0.3) is 5.65 Å². The Morgan fingerprint density at radius 3 is 3.00 bits per heavy atom. The molecule has 0 spiro atoms. The van der Waals surface area contributed by atoms with Gasteiger partial charge in [-0.25, -0.2) is 9.97 Å². The van der Waals surface area contributed by atoms with Crippen LogP contribution >= 0.6 is 0 Å². The van der Waals surface area contributed by atoms with E-state index < -0.39 is 16.2 Å². The van der Waals surface area contributed by atoms with Gasteiger partial charge in [-0.1, -0.05) is 6.07 Å². The summed E-state index contributed by atoms with van der Waals surface area (Å²) in [4.78, 5) is 33.7. The highest BCUT2D eigenvalue weighted by atomic mass is 16.6. The number of piperidine rings is 1. The number of fused-ring (bicyclic) bond motifs is 1. The molecule has 3 aromatic heterocycles. The topological polar surface area (TPSA) is 111 Å². The first-order chi connectivity index (χ1) is 12.6. The Labute approximate surface area is 147 Å². The van der Waals surface area contributed by atoms with Gasteiger partial charge in [0.2, 0.25) is 5.82 Å². The first-order valence-electron chi connectivity index (χ1n) is 8.36. The number of nitro groups is 1. The Bertz CT molecular complexity index is 999. The molecule has 4 heterocycles. The summed E-state index contributed by atoms with van der Waals surface area (Å²) in [5.74, 6) is 0.399. The number of pyridine rings is 1. The van der Waals surface area contributed by atoms with Gasteiger partial charge in [0, 0.05) is 25.8 Å². The molecule has 1 saturated heterocycles. The first-order valence-corrected chi connectivity index (χ1v) is 8.36. The molecule has 26 heavy (non-hydrogen) atoms. The maximum atomic E-state index is 12.6. The molecule has 4 rings (SSSR count). The van der Waals surface area contributed by atoms with Crippen molar-refractivity contribution in [3.63, 3.8) is 0 Å². The van der Waals surface area contributed by atoms with Crippen LogP contribution < -0.4 is 10.5 Å². The Morgan fingerprint density at radius 1 is 1.35 bits per heavy atom. The molecule has 10 heteroatoms. The van der Waals surface area contributed by atoms with Gasteiger partial charge in [0.15, 0.2) is 0 Å². The fourth-order valence-electron chi connectivity index (χ4n) is 3.45. The summed E-state index contributed by atoms with van der Waals surface area (Å²) in [6.07, 6.45) is 6.48. The van der Waals surface area contributed by atoms with Crippen LogP contribution in [0, 0.1) is 16.0 Å². The van der Waals surface area contributed by atoms with E-state index in [-0.39, 0.29) is 11.7 Å². The summed E-state index contributed by atoms with van der Waals surface area (Å²) in [6.45, 7) is 1.89. The van der Waals surface area contributed by atoms with Gasteiger partial charge in [-0.15, -0.1) is 0 Å². The molecule has 134 valence electrons. The number of hydrogen-bond donors (Lipinski definition) is 0. The van der Waals surface area contributed by atoms with Crippen LogP contribution in [0.1, 0.15) is 12.8 Å². The molecule has 3 aromatic rings. The zero-order valence-corrected chi connectivity index (χ0v) is 13.9. The lowest BCUT2D eigenvalue weighted by molar-refractivity contribution is -0.385. The third kappa shape index (κ3) is 2.89. The molecule has 1 atom stereocenters. The average Bonchev–Trinajstić information content (AvgIpc) is 3.14. The monoisotopic (exact) mass is 355 g/mol. The van der Waals surface area contributed by atoms with Gasteiger partial charge < -0.3 is 4.90 Å². The van der Waals surface area contributed by atoms with Crippen molar-refractivity contribution in [3.8, 4) is 0 Å². The summed E-state index contributed by atoms with van der Waals surface area (Å²) < 4.78 is 2.96. The molecule has 0 saturated carbocycles. The van der Waals surface area contributed by atoms with Gasteiger partial charge >= 0.3 is 11.2 Å². The largest absolute Gasteiger partial charge is 0.376 e. The van der Waals surface area contributed by atoms with E-state index in [1.54, 1.807) is 29.2 Å². The molecule has 0 radical (unpaired) electrons. The number of anilines is 1. The SMILES string of the molecule is O=c1c([N+](=O)[O-])c(N2CCCC(Cn3cncn3)C2)nc2ccccn12. The molecule has 1 aliphatic heterocycles. The summed E-state index contributed by atoms with van der Waals surface area (Å²) >= 11 is 0. The Balaban J connectivity index is 1.72. The average molecular weight is 355 g/mol. The number of rotatable bonds is 4. The first kappa shape index (κ1) is 16.2. The van der Waals surface area contributed by atoms with Gasteiger partial charge in [-0.2, -0.15) is 5.10 Å². The lowest BCUT2D eigenvalue weighted by atomic mass is 9.98. The second-order valence-corrected chi connectivity index (χ2v) is 6.35. The smallest absolute Gasteiger partial charge is 0.350 e. The summed E-state index contributed by atoms with van der Waals surface area (Å²) in [6, 6.07) is 5.07. The van der Waals surface area contributed by atoms with Gasteiger partial charge in [0.05, 0.1) is 4.92 Å². The molecule has 10 nitrogen and oxygen atoms in total. The Kier molecular flexibility index (Phi) is 4.07. The van der Waals surface area contributed by atoms with E-state index in [1.165, 1.54) is 16.9 Å². The lowest BCUT2D eigenvalue weighted by Gasteiger charge is -2.33. The van der Waals surface area contributed by atoms with Crippen LogP contribution in [0.15, 0.2) is 41.8 Å². The maximum absolute atomic E-state index is 12.6. The highest BCUT2D eigenvalue weighted by molar-refractivity contribution is 5.61. The molecular formula is C16H17N7O3. The van der Waals surface area contributed by atoms with E-state index in [4.69, 9.17) is 0 Å². The van der Waals surface area contributed by atoms with E-state index in [2.05, 4.69) is 15.1 Å². The zero-order valence-electron chi connectivity index (χ0n) is 13.9. The molecule has 1 aliphatic rings. The molecule has 0 N–H and O–H groups in total. The minimum Gasteiger partial charge on any atom is -0.350 e. The molecule has 1 fully saturated rings. The molecule has 1 unspecified atom stereocenters. The van der Waals surface area contributed by atoms with E-state index in [9.17, 15) is 14.9 Å². The second kappa shape index (κ2) is 6.54. The van der Waals surface area contributed by atoms with Crippen molar-refractivity contribution in [2.24, 2.45) is 5.92 Å². The zero-order chi connectivity index (χ0) is 18.1. The number of hydrogen-bond acceptors (Lipinski definition) is 7. The van der Waals surface area contributed by atoms with Crippen LogP contribution in [-0.2, 0) is 6.54 Å². The number of aromatic nitrogens is 5. The molecule has 0 aliphatic carbocycles. The fourth-order valence-corrected chi connectivity index (χ4v) is 3.45. The highest BCUT2D eigenvalue weighted by Gasteiger charge is 2.31. The molecular weight excluding hydrogens is 338 g/mol. The van der Waals surface area contributed by atoms with Crippen molar-refractivity contribution in [3.05, 3.63) is 57.5 Å². The van der Waals surface area contributed by atoms with Gasteiger partial charge in [0.25, 0.3) is 0 Å². The Morgan fingerprint density at radius 2 is 2.23 bits per heavy atom. The van der Waals surface area contributed by atoms with Crippen molar-refractivity contribution in [2.75, 3.05) is 18.0 Å². The summed E-state index contributed by atoms with van der Waals surface area (Å²) in [7, 11) is 0. The maximum Gasteiger partial charge on any atom is 0.376 e. The fraction of sp³-hybridized carbons (Fsp3) is 0.375. The molecule has 0 bridgehead atoms. The third-order valence-electron chi connectivity index (χ3n) is 4.60. The van der Waals surface area contributed by atoms with Crippen molar-refractivity contribution in [1.29, 1.82) is 0 Å². The minimum atomic E-state index is -0.658. The van der Waals surface area contributed by atoms with Crippen molar-refractivity contribution in [2.45, 2.75) is 19.4 Å². The predicted molar refractivity (Wildman–Crippen MR) is 93.1 cm³/mol. The lowest BCUT2D eigenvalue weighted by Crippen LogP contribution is -2.39. The highest BCUT2D eigenvalue weighted by Crippen LogP contribution is 2.28. The van der Waals surface area contributed by atoms with Crippen LogP contribution in [0.4, 0.5) is 11.5 Å². The standard InChI is InChI=1S/C16H17N7O3/c24-16-14(23(25)26)15(19-13-5-1-2-7-22(13)16)20-6-3-4-12(8-20)9-21-11-17-10-18-21/h1-2,5,7,10-12H,3-4,6,8-9H2. The normalized spacial score (nSPS) is 17.5. The third-order valence-corrected chi connectivity index (χ3v) is 4.60. The van der Waals surface area contributed by atoms with Gasteiger partial charge in [0.1, 0.15) is 18.3 Å². The predicted octanol–water partition coefficient (Wildman–Crippen LogP) is 1.11. The second-order valence-electron chi connectivity index (χ2n) is 6.35. The van der Waals surface area contributed by atoms with Crippen LogP contribution in [-0.4, -0.2) is 42.2 Å². The van der Waals surface area contributed by atoms with E-state index >= 15 is 0 Å². The van der Waals surface area contributed by atoms with E-state index in [1.807, 2.05) is 4.90 Å². The Hall–Kier alpha value is -3.30. The van der Waals surface area contributed by atoms with Gasteiger partial charge in [-0.3, -0.25) is 24.0 Å². The van der Waals surface area contributed by atoms with Gasteiger partial charge in [-0.05, 0) is 30.9 Å². The van der Waals surface area contributed by atoms with Crippen molar-refractivity contribution in [1.82, 2.24) is 24.1 Å². The molecule has 0 aromatic carbocycles. The summed E-state index contributed by atoms with van der Waals surface area (Å²) in [5, 5.41) is 15.7. The molecule has 0 amide bonds. The minimum absolute atomic E-state index is 0.148. The van der Waals surface area contributed by atoms with Crippen molar-refractivity contribution >= 4 is 17.2 Å². The van der Waals surface area contributed by atoms with Crippen LogP contribution in [0.5, 0.6) is 0 Å². The summed E-state index contributed by atoms with van der Waals surface area (Å²) in [5.41, 5.74) is -0.736. The van der Waals surface area contributed by atoms with E-state index in [0.29, 0.717) is 25.3 Å². The van der Waals surface area contributed by atoms with Crippen LogP contribution in [0.3, 0.4) is 0 Å².